The fourth-order valence-electron chi connectivity index (χ4n) is 4.47. The number of halogens is 3. The van der Waals surface area contributed by atoms with E-state index >= 15 is 0 Å². The van der Waals surface area contributed by atoms with Crippen LogP contribution in [-0.2, 0) is 17.6 Å². The third-order valence-corrected chi connectivity index (χ3v) is 6.71. The zero-order chi connectivity index (χ0) is 27.1. The highest BCUT2D eigenvalue weighted by molar-refractivity contribution is 6.04. The molecular formula is C29H29F3N2O4. The predicted octanol–water partition coefficient (Wildman–Crippen LogP) is 6.32. The molecule has 1 aliphatic heterocycles. The number of carboxylic acid groups (broad SMARTS) is 1. The van der Waals surface area contributed by atoms with Gasteiger partial charge < -0.3 is 15.2 Å². The van der Waals surface area contributed by atoms with Gasteiger partial charge in [0.2, 0.25) is 0 Å². The van der Waals surface area contributed by atoms with Crippen LogP contribution in [-0.4, -0.2) is 47.2 Å². The molecule has 3 aromatic rings. The number of carbonyl (C=O) groups excluding carboxylic acids is 1. The number of amides is 1. The van der Waals surface area contributed by atoms with Crippen molar-refractivity contribution in [2.75, 3.05) is 18.4 Å². The fourth-order valence-corrected chi connectivity index (χ4v) is 4.47. The molecule has 6 nitrogen and oxygen atoms in total. The van der Waals surface area contributed by atoms with Crippen molar-refractivity contribution >= 4 is 17.6 Å². The second kappa shape index (κ2) is 12.1. The van der Waals surface area contributed by atoms with E-state index in [1.165, 1.54) is 30.4 Å². The highest BCUT2D eigenvalue weighted by Gasteiger charge is 2.38. The first kappa shape index (κ1) is 27.2. The lowest BCUT2D eigenvalue weighted by Crippen LogP contribution is -2.41. The molecule has 2 aliphatic rings. The van der Waals surface area contributed by atoms with Gasteiger partial charge in [-0.2, -0.15) is 13.2 Å². The third kappa shape index (κ3) is 7.35. The number of rotatable bonds is 5. The van der Waals surface area contributed by atoms with E-state index < -0.39 is 12.1 Å². The van der Waals surface area contributed by atoms with Crippen LogP contribution in [0.5, 0.6) is 11.5 Å². The molecule has 0 unspecified atom stereocenters. The Hall–Kier alpha value is -3.85. The first-order chi connectivity index (χ1) is 18.2. The minimum absolute atomic E-state index is 0.122. The second-order valence-corrected chi connectivity index (χ2v) is 9.30. The number of para-hydroxylation sites is 1. The highest BCUT2D eigenvalue weighted by atomic mass is 19.4. The molecule has 2 N–H and O–H groups in total. The van der Waals surface area contributed by atoms with E-state index in [0.29, 0.717) is 11.3 Å². The summed E-state index contributed by atoms with van der Waals surface area (Å²) in [5, 5.41) is 10.2. The number of hydrogen-bond donors (Lipinski definition) is 2. The molecule has 0 radical (unpaired) electrons. The fraction of sp³-hybridized carbons (Fsp3) is 0.310. The van der Waals surface area contributed by atoms with Crippen LogP contribution in [0.3, 0.4) is 0 Å². The Bertz CT molecular complexity index is 1260. The monoisotopic (exact) mass is 526 g/mol. The molecule has 1 saturated carbocycles. The van der Waals surface area contributed by atoms with Gasteiger partial charge in [0, 0.05) is 30.4 Å². The summed E-state index contributed by atoms with van der Waals surface area (Å²) in [5.41, 5.74) is 4.22. The molecule has 1 amide bonds. The predicted molar refractivity (Wildman–Crippen MR) is 138 cm³/mol. The maximum absolute atomic E-state index is 12.9. The summed E-state index contributed by atoms with van der Waals surface area (Å²) < 4.78 is 37.6. The molecule has 9 heteroatoms. The summed E-state index contributed by atoms with van der Waals surface area (Å²) >= 11 is 0. The average Bonchev–Trinajstić information content (AvgIpc) is 3.06. The van der Waals surface area contributed by atoms with Gasteiger partial charge in [-0.3, -0.25) is 9.69 Å². The van der Waals surface area contributed by atoms with Crippen molar-refractivity contribution in [2.24, 2.45) is 0 Å². The zero-order valence-corrected chi connectivity index (χ0v) is 20.7. The standard InChI is InChI=1S/C27H28N2O2.C2HF3O2/c30-27(22-6-4-11-26(19-22)31-25-9-2-1-3-10-25)28-23-13-12-20-14-16-29(24-7-5-8-24)17-15-21(20)18-23;3-2(4,5)1(6)7/h1-4,6,9-13,18-19,24H,5,7-8,14-17H2,(H,28,30);(H,6,7). The van der Waals surface area contributed by atoms with Crippen molar-refractivity contribution < 1.29 is 32.6 Å². The van der Waals surface area contributed by atoms with Crippen molar-refractivity contribution in [1.82, 2.24) is 4.90 Å². The molecule has 200 valence electrons. The van der Waals surface area contributed by atoms with Crippen LogP contribution in [0.25, 0.3) is 0 Å². The van der Waals surface area contributed by atoms with Crippen LogP contribution < -0.4 is 10.1 Å². The van der Waals surface area contributed by atoms with Gasteiger partial charge in [-0.1, -0.05) is 36.8 Å². The smallest absolute Gasteiger partial charge is 0.475 e. The van der Waals surface area contributed by atoms with Crippen molar-refractivity contribution in [2.45, 2.75) is 44.3 Å². The van der Waals surface area contributed by atoms with E-state index in [-0.39, 0.29) is 5.91 Å². The van der Waals surface area contributed by atoms with Crippen molar-refractivity contribution in [3.05, 3.63) is 89.5 Å². The van der Waals surface area contributed by atoms with Crippen LogP contribution in [0.4, 0.5) is 18.9 Å². The Kier molecular flexibility index (Phi) is 8.68. The second-order valence-electron chi connectivity index (χ2n) is 9.30. The summed E-state index contributed by atoms with van der Waals surface area (Å²) in [4.78, 5) is 24.4. The molecule has 0 atom stereocenters. The quantitative estimate of drug-likeness (QED) is 0.407. The minimum Gasteiger partial charge on any atom is -0.475 e. The molecule has 38 heavy (non-hydrogen) atoms. The van der Waals surface area contributed by atoms with Crippen molar-refractivity contribution in [3.8, 4) is 11.5 Å². The Labute approximate surface area is 219 Å². The minimum atomic E-state index is -5.08. The lowest BCUT2D eigenvalue weighted by molar-refractivity contribution is -0.192. The first-order valence-electron chi connectivity index (χ1n) is 12.5. The molecule has 3 aromatic carbocycles. The molecular weight excluding hydrogens is 497 g/mol. The summed E-state index contributed by atoms with van der Waals surface area (Å²) in [6, 6.07) is 24.1. The topological polar surface area (TPSA) is 78.9 Å². The highest BCUT2D eigenvalue weighted by Crippen LogP contribution is 2.28. The van der Waals surface area contributed by atoms with Gasteiger partial charge in [0.15, 0.2) is 0 Å². The zero-order valence-electron chi connectivity index (χ0n) is 20.7. The van der Waals surface area contributed by atoms with E-state index in [9.17, 15) is 18.0 Å². The van der Waals surface area contributed by atoms with E-state index in [0.717, 1.165) is 43.4 Å². The summed E-state index contributed by atoms with van der Waals surface area (Å²) in [7, 11) is 0. The van der Waals surface area contributed by atoms with Crippen LogP contribution in [0.15, 0.2) is 72.8 Å². The lowest BCUT2D eigenvalue weighted by Gasteiger charge is -2.36. The number of anilines is 1. The number of carboxylic acids is 1. The summed E-state index contributed by atoms with van der Waals surface area (Å²) in [6.45, 7) is 2.27. The molecule has 1 aliphatic carbocycles. The Balaban J connectivity index is 0.000000426. The van der Waals surface area contributed by atoms with Gasteiger partial charge in [0.05, 0.1) is 0 Å². The molecule has 0 bridgehead atoms. The number of benzene rings is 3. The van der Waals surface area contributed by atoms with Gasteiger partial charge in [-0.15, -0.1) is 0 Å². The van der Waals surface area contributed by atoms with Gasteiger partial charge in [0.1, 0.15) is 11.5 Å². The number of hydrogen-bond acceptors (Lipinski definition) is 4. The number of nitrogens with zero attached hydrogens (tertiary/aromatic N) is 1. The first-order valence-corrected chi connectivity index (χ1v) is 12.5. The number of aliphatic carboxylic acids is 1. The Morgan fingerprint density at radius 2 is 1.53 bits per heavy atom. The molecule has 1 heterocycles. The number of fused-ring (bicyclic) bond motifs is 1. The molecule has 0 spiro atoms. The Morgan fingerprint density at radius 1 is 0.868 bits per heavy atom. The maximum atomic E-state index is 12.9. The van der Waals surface area contributed by atoms with Crippen LogP contribution in [0.2, 0.25) is 0 Å². The summed E-state index contributed by atoms with van der Waals surface area (Å²) in [5.74, 6) is -1.48. The molecule has 0 aromatic heterocycles. The SMILES string of the molecule is O=C(Nc1ccc2c(c1)CCN(C1CCC1)CC2)c1cccc(Oc2ccccc2)c1.O=C(O)C(F)(F)F. The molecule has 0 saturated heterocycles. The Morgan fingerprint density at radius 3 is 2.16 bits per heavy atom. The molecule has 1 fully saturated rings. The number of nitrogens with one attached hydrogen (secondary N) is 1. The van der Waals surface area contributed by atoms with E-state index in [1.807, 2.05) is 54.6 Å². The van der Waals surface area contributed by atoms with Crippen LogP contribution >= 0.6 is 0 Å². The van der Waals surface area contributed by atoms with Gasteiger partial charge in [-0.05, 0) is 79.3 Å². The van der Waals surface area contributed by atoms with Gasteiger partial charge in [0.25, 0.3) is 5.91 Å². The average molecular weight is 527 g/mol. The third-order valence-electron chi connectivity index (χ3n) is 6.71. The van der Waals surface area contributed by atoms with Gasteiger partial charge in [-0.25, -0.2) is 4.79 Å². The number of carbonyl (C=O) groups is 2. The van der Waals surface area contributed by atoms with Crippen molar-refractivity contribution in [3.63, 3.8) is 0 Å². The normalized spacial score (nSPS) is 15.7. The largest absolute Gasteiger partial charge is 0.490 e. The van der Waals surface area contributed by atoms with Crippen LogP contribution in [0, 0.1) is 0 Å². The van der Waals surface area contributed by atoms with E-state index in [2.05, 4.69) is 22.3 Å². The maximum Gasteiger partial charge on any atom is 0.490 e. The molecule has 5 rings (SSSR count). The lowest BCUT2D eigenvalue weighted by atomic mass is 9.91. The van der Waals surface area contributed by atoms with E-state index in [1.54, 1.807) is 6.07 Å². The van der Waals surface area contributed by atoms with Crippen molar-refractivity contribution in [1.29, 1.82) is 0 Å². The van der Waals surface area contributed by atoms with Gasteiger partial charge >= 0.3 is 12.1 Å². The number of ether oxygens (including phenoxy) is 1. The summed E-state index contributed by atoms with van der Waals surface area (Å²) in [6.07, 6.45) is 1.15. The van der Waals surface area contributed by atoms with Crippen LogP contribution in [0.1, 0.15) is 40.7 Å². The number of alkyl halides is 3. The van der Waals surface area contributed by atoms with E-state index in [4.69, 9.17) is 14.6 Å².